The van der Waals surface area contributed by atoms with Crippen LogP contribution in [0.25, 0.3) is 110 Å². The number of nitrogens with one attached hydrogen (secondary N) is 1. The van der Waals surface area contributed by atoms with E-state index in [1.54, 1.807) is 0 Å². The van der Waals surface area contributed by atoms with Crippen molar-refractivity contribution in [3.63, 3.8) is 0 Å². The van der Waals surface area contributed by atoms with Crippen LogP contribution in [-0.4, -0.2) is 20.8 Å². The second-order valence-electron chi connectivity index (χ2n) is 18.5. The molecule has 0 spiro atoms. The number of aromatic nitrogens is 2. The standard InChI is InChI=1S/C65H41N5O/c1-3-16-40(17-4-1)42-21-15-22-45(36-42)63-66-64(46-31-33-55-52(38-46)49-26-11-13-28-54(49)69(55)47-23-5-2-6-24-47)68-65(67-63)61-56(34-35-59-60(61)51-27-12-14-29-58(51)71-59)70-57-39-44-20-8-7-19-43(44)37-53(57)50-32-30-41-18-9-10-25-48(41)62(50)70/h1-39,65H,(H,66,67,68). The van der Waals surface area contributed by atoms with Gasteiger partial charge in [0.2, 0.25) is 0 Å². The summed E-state index contributed by atoms with van der Waals surface area (Å²) in [7, 11) is 0. The number of fused-ring (bicyclic) bond motifs is 12. The maximum absolute atomic E-state index is 6.75. The monoisotopic (exact) mass is 907 g/mol. The zero-order valence-corrected chi connectivity index (χ0v) is 38.3. The Bertz CT molecular complexity index is 4560. The van der Waals surface area contributed by atoms with Crippen molar-refractivity contribution in [3.05, 3.63) is 253 Å². The van der Waals surface area contributed by atoms with Crippen molar-refractivity contribution >= 4 is 98.8 Å². The van der Waals surface area contributed by atoms with Gasteiger partial charge in [0.15, 0.2) is 6.17 Å². The molecular formula is C65H41N5O. The van der Waals surface area contributed by atoms with Crippen LogP contribution >= 0.6 is 0 Å². The Morgan fingerprint density at radius 3 is 1.83 bits per heavy atom. The molecule has 11 aromatic carbocycles. The lowest BCUT2D eigenvalue weighted by Crippen LogP contribution is -2.36. The molecule has 4 heterocycles. The molecule has 0 radical (unpaired) electrons. The number of amidine groups is 2. The van der Waals surface area contributed by atoms with Gasteiger partial charge in [-0.15, -0.1) is 0 Å². The smallest absolute Gasteiger partial charge is 0.172 e. The summed E-state index contributed by atoms with van der Waals surface area (Å²) in [5.74, 6) is 1.47. The lowest BCUT2D eigenvalue weighted by atomic mass is 9.99. The zero-order chi connectivity index (χ0) is 46.6. The third-order valence-electron chi connectivity index (χ3n) is 14.5. The summed E-state index contributed by atoms with van der Waals surface area (Å²) in [6.07, 6.45) is -0.703. The normalized spacial score (nSPS) is 14.1. The van der Waals surface area contributed by atoms with Crippen LogP contribution in [0.5, 0.6) is 0 Å². The Balaban J connectivity index is 1.04. The molecule has 15 rings (SSSR count). The van der Waals surface area contributed by atoms with Crippen LogP contribution in [0.1, 0.15) is 22.9 Å². The molecule has 1 aliphatic rings. The van der Waals surface area contributed by atoms with Crippen molar-refractivity contribution < 1.29 is 4.42 Å². The molecule has 6 nitrogen and oxygen atoms in total. The van der Waals surface area contributed by atoms with E-state index < -0.39 is 6.17 Å². The highest BCUT2D eigenvalue weighted by molar-refractivity contribution is 6.22. The summed E-state index contributed by atoms with van der Waals surface area (Å²) in [4.78, 5) is 11.5. The van der Waals surface area contributed by atoms with Crippen LogP contribution in [0.2, 0.25) is 0 Å². The van der Waals surface area contributed by atoms with Gasteiger partial charge in [-0.25, -0.2) is 9.98 Å². The minimum atomic E-state index is -0.703. The van der Waals surface area contributed by atoms with E-state index in [1.165, 1.54) is 37.7 Å². The Kier molecular flexibility index (Phi) is 8.62. The second-order valence-corrected chi connectivity index (χ2v) is 18.5. The highest BCUT2D eigenvalue weighted by atomic mass is 16.3. The topological polar surface area (TPSA) is 59.8 Å². The number of furan rings is 1. The molecule has 332 valence electrons. The van der Waals surface area contributed by atoms with E-state index in [4.69, 9.17) is 14.4 Å². The van der Waals surface area contributed by atoms with E-state index in [1.807, 2.05) is 6.07 Å². The van der Waals surface area contributed by atoms with Crippen LogP contribution in [0.15, 0.2) is 251 Å². The number of hydrogen-bond acceptors (Lipinski definition) is 4. The van der Waals surface area contributed by atoms with Crippen LogP contribution < -0.4 is 5.32 Å². The van der Waals surface area contributed by atoms with Gasteiger partial charge in [-0.05, 0) is 100 Å². The van der Waals surface area contributed by atoms with Gasteiger partial charge in [0.25, 0.3) is 0 Å². The fourth-order valence-electron chi connectivity index (χ4n) is 11.3. The van der Waals surface area contributed by atoms with E-state index in [9.17, 15) is 0 Å². The molecule has 1 unspecified atom stereocenters. The average Bonchev–Trinajstić information content (AvgIpc) is 4.10. The molecule has 0 saturated heterocycles. The molecule has 1 aliphatic heterocycles. The summed E-state index contributed by atoms with van der Waals surface area (Å²) in [5.41, 5.74) is 13.4. The molecule has 0 amide bonds. The predicted molar refractivity (Wildman–Crippen MR) is 295 cm³/mol. The molecule has 6 heteroatoms. The third kappa shape index (κ3) is 6.14. The number of benzene rings is 11. The van der Waals surface area contributed by atoms with Crippen molar-refractivity contribution in [2.45, 2.75) is 6.17 Å². The SMILES string of the molecule is c1ccc(-c2cccc(C3=NC(c4c(-n5c6cc7ccccc7cc6c6ccc7ccccc7c65)ccc5oc6ccccc6c45)N=C(c4ccc5c(c4)c4ccccc4n5-c4ccccc4)N3)c2)cc1. The first kappa shape index (κ1) is 39.5. The minimum Gasteiger partial charge on any atom is -0.456 e. The molecule has 0 saturated carbocycles. The molecule has 71 heavy (non-hydrogen) atoms. The predicted octanol–water partition coefficient (Wildman–Crippen LogP) is 16.2. The van der Waals surface area contributed by atoms with E-state index in [0.29, 0.717) is 0 Å². The first-order valence-electron chi connectivity index (χ1n) is 24.2. The maximum Gasteiger partial charge on any atom is 0.172 e. The molecule has 14 aromatic rings. The summed E-state index contributed by atoms with van der Waals surface area (Å²) < 4.78 is 11.6. The van der Waals surface area contributed by atoms with Gasteiger partial charge >= 0.3 is 0 Å². The summed E-state index contributed by atoms with van der Waals surface area (Å²) in [5, 5.41) is 15.2. The van der Waals surface area contributed by atoms with Gasteiger partial charge in [0.05, 0.1) is 27.8 Å². The number of hydrogen-bond donors (Lipinski definition) is 1. The highest BCUT2D eigenvalue weighted by Gasteiger charge is 2.30. The number of nitrogens with zero attached hydrogens (tertiary/aromatic N) is 4. The van der Waals surface area contributed by atoms with Crippen LogP contribution in [0.3, 0.4) is 0 Å². The van der Waals surface area contributed by atoms with Gasteiger partial charge in [-0.1, -0.05) is 164 Å². The first-order valence-corrected chi connectivity index (χ1v) is 24.2. The third-order valence-corrected chi connectivity index (χ3v) is 14.5. The lowest BCUT2D eigenvalue weighted by Gasteiger charge is -2.25. The molecule has 1 atom stereocenters. The molecule has 3 aromatic heterocycles. The van der Waals surface area contributed by atoms with Crippen molar-refractivity contribution in [1.82, 2.24) is 14.5 Å². The number of rotatable bonds is 6. The summed E-state index contributed by atoms with van der Waals surface area (Å²) in [6, 6.07) is 84.5. The molecule has 0 fully saturated rings. The Hall–Kier alpha value is -9.52. The molecular weight excluding hydrogens is 867 g/mol. The fraction of sp³-hybridized carbons (Fsp3) is 0.0154. The van der Waals surface area contributed by atoms with Crippen molar-refractivity contribution in [2.24, 2.45) is 9.98 Å². The zero-order valence-electron chi connectivity index (χ0n) is 38.3. The molecule has 0 bridgehead atoms. The van der Waals surface area contributed by atoms with E-state index in [2.05, 4.69) is 245 Å². The summed E-state index contributed by atoms with van der Waals surface area (Å²) in [6.45, 7) is 0. The van der Waals surface area contributed by atoms with E-state index in [0.717, 1.165) is 100 Å². The number of aliphatic imine (C=N–C) groups is 2. The van der Waals surface area contributed by atoms with Crippen molar-refractivity contribution in [1.29, 1.82) is 0 Å². The second kappa shape index (κ2) is 15.5. The molecule has 1 N–H and O–H groups in total. The van der Waals surface area contributed by atoms with Gasteiger partial charge < -0.3 is 18.9 Å². The molecule has 0 aliphatic carbocycles. The van der Waals surface area contributed by atoms with Gasteiger partial charge in [0.1, 0.15) is 22.8 Å². The van der Waals surface area contributed by atoms with Crippen molar-refractivity contribution in [3.8, 4) is 22.5 Å². The quantitative estimate of drug-likeness (QED) is 0.181. The van der Waals surface area contributed by atoms with Gasteiger partial charge in [0, 0.05) is 60.1 Å². The number of para-hydroxylation sites is 3. The minimum absolute atomic E-state index is 0.703. The Morgan fingerprint density at radius 2 is 1.00 bits per heavy atom. The first-order chi connectivity index (χ1) is 35.2. The highest BCUT2D eigenvalue weighted by Crippen LogP contribution is 2.45. The van der Waals surface area contributed by atoms with E-state index in [-0.39, 0.29) is 0 Å². The summed E-state index contributed by atoms with van der Waals surface area (Å²) >= 11 is 0. The van der Waals surface area contributed by atoms with Gasteiger partial charge in [-0.3, -0.25) is 0 Å². The Morgan fingerprint density at radius 1 is 0.366 bits per heavy atom. The average molecular weight is 908 g/mol. The van der Waals surface area contributed by atoms with Crippen LogP contribution in [-0.2, 0) is 0 Å². The van der Waals surface area contributed by atoms with Gasteiger partial charge in [-0.2, -0.15) is 0 Å². The van der Waals surface area contributed by atoms with Crippen LogP contribution in [0, 0.1) is 0 Å². The van der Waals surface area contributed by atoms with E-state index >= 15 is 0 Å². The fourth-order valence-corrected chi connectivity index (χ4v) is 11.3. The Labute approximate surface area is 407 Å². The lowest BCUT2D eigenvalue weighted by molar-refractivity contribution is 0.667. The van der Waals surface area contributed by atoms with Crippen molar-refractivity contribution in [2.75, 3.05) is 0 Å². The largest absolute Gasteiger partial charge is 0.456 e. The maximum atomic E-state index is 6.75. The van der Waals surface area contributed by atoms with Crippen LogP contribution in [0.4, 0.5) is 0 Å².